The van der Waals surface area contributed by atoms with Gasteiger partial charge in [-0.3, -0.25) is 10.1 Å². The summed E-state index contributed by atoms with van der Waals surface area (Å²) in [6, 6.07) is 16.1. The van der Waals surface area contributed by atoms with Crippen molar-refractivity contribution in [2.24, 2.45) is 0 Å². The highest BCUT2D eigenvalue weighted by molar-refractivity contribution is 7.80. The number of furan rings is 1. The lowest BCUT2D eigenvalue weighted by Gasteiger charge is -2.08. The third-order valence-corrected chi connectivity index (χ3v) is 3.43. The molecule has 3 aromatic rings. The van der Waals surface area contributed by atoms with Crippen molar-refractivity contribution < 1.29 is 9.21 Å². The molecule has 0 saturated carbocycles. The van der Waals surface area contributed by atoms with E-state index in [1.54, 1.807) is 36.4 Å². The van der Waals surface area contributed by atoms with Gasteiger partial charge in [0.1, 0.15) is 5.58 Å². The summed E-state index contributed by atoms with van der Waals surface area (Å²) < 4.78 is 5.48. The van der Waals surface area contributed by atoms with Gasteiger partial charge in [0, 0.05) is 16.1 Å². The quantitative estimate of drug-likeness (QED) is 0.691. The Kier molecular flexibility index (Phi) is 4.09. The second-order valence-corrected chi connectivity index (χ2v) is 5.41. The first kappa shape index (κ1) is 14.6. The van der Waals surface area contributed by atoms with Gasteiger partial charge >= 0.3 is 0 Å². The number of fused-ring (bicyclic) bond motifs is 1. The Morgan fingerprint density at radius 3 is 2.55 bits per heavy atom. The summed E-state index contributed by atoms with van der Waals surface area (Å²) in [5, 5.41) is 7.16. The molecule has 0 aliphatic heterocycles. The van der Waals surface area contributed by atoms with Crippen molar-refractivity contribution in [3.63, 3.8) is 0 Å². The van der Waals surface area contributed by atoms with Gasteiger partial charge in [-0.15, -0.1) is 0 Å². The van der Waals surface area contributed by atoms with Gasteiger partial charge in [-0.2, -0.15) is 0 Å². The highest BCUT2D eigenvalue weighted by Gasteiger charge is 2.13. The zero-order valence-corrected chi connectivity index (χ0v) is 12.9. The van der Waals surface area contributed by atoms with E-state index >= 15 is 0 Å². The fraction of sp³-hybridized carbons (Fsp3) is 0. The summed E-state index contributed by atoms with van der Waals surface area (Å²) in [6.07, 6.45) is 0. The third-order valence-electron chi connectivity index (χ3n) is 2.98. The Bertz CT molecular complexity index is 810. The van der Waals surface area contributed by atoms with Crippen LogP contribution < -0.4 is 10.6 Å². The maximum atomic E-state index is 12.1. The number of rotatable bonds is 2. The van der Waals surface area contributed by atoms with Crippen molar-refractivity contribution in [1.82, 2.24) is 5.32 Å². The van der Waals surface area contributed by atoms with E-state index in [1.807, 2.05) is 18.2 Å². The number of para-hydroxylation sites is 1. The topological polar surface area (TPSA) is 54.3 Å². The molecule has 0 aliphatic rings. The molecule has 0 radical (unpaired) electrons. The number of hydrogen-bond acceptors (Lipinski definition) is 3. The van der Waals surface area contributed by atoms with Gasteiger partial charge < -0.3 is 9.73 Å². The van der Waals surface area contributed by atoms with Crippen LogP contribution in [0.15, 0.2) is 59.0 Å². The number of halogens is 1. The maximum Gasteiger partial charge on any atom is 0.293 e. The van der Waals surface area contributed by atoms with E-state index in [0.29, 0.717) is 10.6 Å². The number of carbonyl (C=O) groups is 1. The van der Waals surface area contributed by atoms with E-state index in [0.717, 1.165) is 11.1 Å². The van der Waals surface area contributed by atoms with Crippen LogP contribution in [0, 0.1) is 0 Å². The summed E-state index contributed by atoms with van der Waals surface area (Å²) in [7, 11) is 0. The van der Waals surface area contributed by atoms with Gasteiger partial charge in [-0.1, -0.05) is 29.8 Å². The van der Waals surface area contributed by atoms with Gasteiger partial charge in [0.15, 0.2) is 10.9 Å². The molecule has 0 fully saturated rings. The second kappa shape index (κ2) is 6.17. The van der Waals surface area contributed by atoms with Crippen LogP contribution in [0.2, 0.25) is 5.02 Å². The standard InChI is InChI=1S/C16H11ClN2O2S/c17-11-5-7-12(8-6-11)18-16(22)19-15(20)14-9-10-3-1-2-4-13(10)21-14/h1-9H,(H2,18,19,20,22). The Morgan fingerprint density at radius 2 is 1.82 bits per heavy atom. The van der Waals surface area contributed by atoms with E-state index in [2.05, 4.69) is 10.6 Å². The Balaban J connectivity index is 1.68. The first-order valence-electron chi connectivity index (χ1n) is 6.48. The normalized spacial score (nSPS) is 10.4. The lowest BCUT2D eigenvalue weighted by atomic mass is 10.2. The molecule has 1 aromatic heterocycles. The van der Waals surface area contributed by atoms with Crippen LogP contribution in [-0.2, 0) is 0 Å². The predicted octanol–water partition coefficient (Wildman–Crippen LogP) is 4.21. The largest absolute Gasteiger partial charge is 0.451 e. The van der Waals surface area contributed by atoms with Crippen molar-refractivity contribution in [2.75, 3.05) is 5.32 Å². The Morgan fingerprint density at radius 1 is 1.09 bits per heavy atom. The molecule has 0 aliphatic carbocycles. The fourth-order valence-electron chi connectivity index (χ4n) is 1.95. The number of anilines is 1. The lowest BCUT2D eigenvalue weighted by Crippen LogP contribution is -2.33. The fourth-order valence-corrected chi connectivity index (χ4v) is 2.29. The summed E-state index contributed by atoms with van der Waals surface area (Å²) in [6.45, 7) is 0. The number of hydrogen-bond donors (Lipinski definition) is 2. The van der Waals surface area contributed by atoms with Gasteiger partial charge in [0.2, 0.25) is 0 Å². The Labute approximate surface area is 137 Å². The zero-order chi connectivity index (χ0) is 15.5. The molecule has 0 bridgehead atoms. The van der Waals surface area contributed by atoms with E-state index in [9.17, 15) is 4.79 Å². The molecule has 0 unspecified atom stereocenters. The summed E-state index contributed by atoms with van der Waals surface area (Å²) in [5.41, 5.74) is 1.39. The number of nitrogens with one attached hydrogen (secondary N) is 2. The highest BCUT2D eigenvalue weighted by Crippen LogP contribution is 2.18. The van der Waals surface area contributed by atoms with Crippen molar-refractivity contribution >= 4 is 51.5 Å². The summed E-state index contributed by atoms with van der Waals surface area (Å²) in [5.74, 6) is -0.191. The van der Waals surface area contributed by atoms with Crippen LogP contribution in [-0.4, -0.2) is 11.0 Å². The lowest BCUT2D eigenvalue weighted by molar-refractivity contribution is 0.0953. The summed E-state index contributed by atoms with van der Waals surface area (Å²) in [4.78, 5) is 12.1. The van der Waals surface area contributed by atoms with E-state index in [-0.39, 0.29) is 10.9 Å². The van der Waals surface area contributed by atoms with Gasteiger partial charge in [0.05, 0.1) is 0 Å². The number of carbonyl (C=O) groups excluding carboxylic acids is 1. The van der Waals surface area contributed by atoms with Crippen molar-refractivity contribution in [1.29, 1.82) is 0 Å². The van der Waals surface area contributed by atoms with Gasteiger partial charge in [0.25, 0.3) is 5.91 Å². The van der Waals surface area contributed by atoms with Crippen molar-refractivity contribution in [2.45, 2.75) is 0 Å². The number of benzene rings is 2. The first-order valence-corrected chi connectivity index (χ1v) is 7.27. The Hall–Kier alpha value is -2.37. The van der Waals surface area contributed by atoms with Gasteiger partial charge in [-0.05, 0) is 48.6 Å². The minimum atomic E-state index is -0.400. The highest BCUT2D eigenvalue weighted by atomic mass is 35.5. The molecule has 1 amide bonds. The molecule has 4 nitrogen and oxygen atoms in total. The minimum absolute atomic E-state index is 0.188. The maximum absolute atomic E-state index is 12.1. The average molecular weight is 331 g/mol. The first-order chi connectivity index (χ1) is 10.6. The predicted molar refractivity (Wildman–Crippen MR) is 91.4 cm³/mol. The molecule has 6 heteroatoms. The molecule has 110 valence electrons. The van der Waals surface area contributed by atoms with Crippen LogP contribution in [0.25, 0.3) is 11.0 Å². The van der Waals surface area contributed by atoms with E-state index in [4.69, 9.17) is 28.2 Å². The van der Waals surface area contributed by atoms with Gasteiger partial charge in [-0.25, -0.2) is 0 Å². The SMILES string of the molecule is O=C(NC(=S)Nc1ccc(Cl)cc1)c1cc2ccccc2o1. The molecular formula is C16H11ClN2O2S. The molecular weight excluding hydrogens is 320 g/mol. The monoisotopic (exact) mass is 330 g/mol. The molecule has 0 atom stereocenters. The van der Waals surface area contributed by atoms with Crippen LogP contribution in [0.1, 0.15) is 10.6 Å². The minimum Gasteiger partial charge on any atom is -0.451 e. The van der Waals surface area contributed by atoms with Crippen molar-refractivity contribution in [3.05, 3.63) is 65.4 Å². The van der Waals surface area contributed by atoms with Crippen LogP contribution in [0.4, 0.5) is 5.69 Å². The van der Waals surface area contributed by atoms with Crippen LogP contribution in [0.3, 0.4) is 0 Å². The van der Waals surface area contributed by atoms with Crippen LogP contribution in [0.5, 0.6) is 0 Å². The average Bonchev–Trinajstić information content (AvgIpc) is 2.93. The smallest absolute Gasteiger partial charge is 0.293 e. The second-order valence-electron chi connectivity index (χ2n) is 4.56. The number of amides is 1. The molecule has 2 N–H and O–H groups in total. The third kappa shape index (κ3) is 3.27. The summed E-state index contributed by atoms with van der Waals surface area (Å²) >= 11 is 10.9. The molecule has 22 heavy (non-hydrogen) atoms. The molecule has 3 rings (SSSR count). The van der Waals surface area contributed by atoms with E-state index in [1.165, 1.54) is 0 Å². The molecule has 1 heterocycles. The zero-order valence-electron chi connectivity index (χ0n) is 11.3. The van der Waals surface area contributed by atoms with Crippen LogP contribution >= 0.6 is 23.8 Å². The molecule has 0 saturated heterocycles. The molecule has 2 aromatic carbocycles. The van der Waals surface area contributed by atoms with Crippen molar-refractivity contribution in [3.8, 4) is 0 Å². The molecule has 0 spiro atoms. The van der Waals surface area contributed by atoms with E-state index < -0.39 is 5.91 Å². The number of thiocarbonyl (C=S) groups is 1.